The van der Waals surface area contributed by atoms with Crippen LogP contribution in [0, 0.1) is 0 Å². The van der Waals surface area contributed by atoms with Crippen molar-refractivity contribution in [2.45, 2.75) is 63.5 Å². The molecule has 1 amide bonds. The molecule has 0 unspecified atom stereocenters. The van der Waals surface area contributed by atoms with Gasteiger partial charge in [-0.25, -0.2) is 4.79 Å². The third-order valence-corrected chi connectivity index (χ3v) is 7.78. The van der Waals surface area contributed by atoms with E-state index in [9.17, 15) is 19.2 Å². The quantitative estimate of drug-likeness (QED) is 0.270. The van der Waals surface area contributed by atoms with E-state index in [1.807, 2.05) is 24.3 Å². The molecule has 0 radical (unpaired) electrons. The first-order chi connectivity index (χ1) is 19.2. The van der Waals surface area contributed by atoms with Gasteiger partial charge in [-0.05, 0) is 29.2 Å². The highest BCUT2D eigenvalue weighted by molar-refractivity contribution is 7.99. The summed E-state index contributed by atoms with van der Waals surface area (Å²) in [5.41, 5.74) is 3.81. The second kappa shape index (κ2) is 13.2. The van der Waals surface area contributed by atoms with Gasteiger partial charge in [-0.2, -0.15) is 0 Å². The first-order valence-corrected chi connectivity index (χ1v) is 14.1. The highest BCUT2D eigenvalue weighted by Gasteiger charge is 2.50. The third kappa shape index (κ3) is 6.95. The van der Waals surface area contributed by atoms with Crippen molar-refractivity contribution in [2.24, 2.45) is 0 Å². The number of benzene rings is 2. The Labute approximate surface area is 237 Å². The van der Waals surface area contributed by atoms with Crippen LogP contribution in [0.3, 0.4) is 0 Å². The zero-order valence-electron chi connectivity index (χ0n) is 22.8. The number of nitrogens with one attached hydrogen (secondary N) is 1. The zero-order valence-corrected chi connectivity index (χ0v) is 23.6. The van der Waals surface area contributed by atoms with Crippen LogP contribution in [0.1, 0.15) is 44.7 Å². The van der Waals surface area contributed by atoms with E-state index in [0.29, 0.717) is 5.75 Å². The van der Waals surface area contributed by atoms with Crippen LogP contribution in [0.4, 0.5) is 4.79 Å². The molecular weight excluding hydrogens is 538 g/mol. The molecule has 1 N–H and O–H groups in total. The van der Waals surface area contributed by atoms with E-state index in [2.05, 4.69) is 29.6 Å². The molecule has 0 spiro atoms. The number of amides is 1. The van der Waals surface area contributed by atoms with Gasteiger partial charge in [-0.15, -0.1) is 11.8 Å². The Balaban J connectivity index is 1.32. The van der Waals surface area contributed by atoms with Crippen LogP contribution < -0.4 is 5.32 Å². The molecule has 0 saturated carbocycles. The number of carbonyl (C=O) groups excluding carboxylic acids is 4. The summed E-state index contributed by atoms with van der Waals surface area (Å²) < 4.78 is 27.7. The minimum absolute atomic E-state index is 0.0440. The van der Waals surface area contributed by atoms with Gasteiger partial charge in [0.1, 0.15) is 12.0 Å². The van der Waals surface area contributed by atoms with E-state index in [0.717, 1.165) is 22.3 Å². The molecule has 1 heterocycles. The molecule has 2 aliphatic rings. The van der Waals surface area contributed by atoms with Crippen molar-refractivity contribution in [2.75, 3.05) is 18.9 Å². The fourth-order valence-electron chi connectivity index (χ4n) is 5.08. The van der Waals surface area contributed by atoms with E-state index in [4.69, 9.17) is 23.7 Å². The summed E-state index contributed by atoms with van der Waals surface area (Å²) in [6.45, 7) is 5.80. The van der Waals surface area contributed by atoms with Gasteiger partial charge in [0.25, 0.3) is 0 Å². The van der Waals surface area contributed by atoms with E-state index >= 15 is 0 Å². The van der Waals surface area contributed by atoms with Gasteiger partial charge in [0.15, 0.2) is 18.3 Å². The minimum Gasteiger partial charge on any atom is -0.456 e. The lowest BCUT2D eigenvalue weighted by Gasteiger charge is -2.43. The summed E-state index contributed by atoms with van der Waals surface area (Å²) >= 11 is 1.27. The van der Waals surface area contributed by atoms with Gasteiger partial charge in [0.05, 0.1) is 6.10 Å². The first kappa shape index (κ1) is 29.4. The molecule has 4 rings (SSSR count). The summed E-state index contributed by atoms with van der Waals surface area (Å²) in [6, 6.07) is 16.2. The van der Waals surface area contributed by atoms with E-state index in [1.165, 1.54) is 32.5 Å². The maximum Gasteiger partial charge on any atom is 0.407 e. The molecule has 11 heteroatoms. The highest BCUT2D eigenvalue weighted by Crippen LogP contribution is 2.44. The summed E-state index contributed by atoms with van der Waals surface area (Å²) in [5, 5.41) is 2.74. The number of alkyl carbamates (subject to hydrolysis) is 1. The van der Waals surface area contributed by atoms with Crippen molar-refractivity contribution in [3.8, 4) is 11.1 Å². The van der Waals surface area contributed by atoms with Gasteiger partial charge in [-0.1, -0.05) is 48.5 Å². The van der Waals surface area contributed by atoms with Gasteiger partial charge >= 0.3 is 24.0 Å². The summed E-state index contributed by atoms with van der Waals surface area (Å²) in [6.07, 6.45) is -4.23. The SMILES string of the molecule is CC(=O)O[C@@H]1[C@H](OC(C)=O)[C@H](C)O[C@@H](SCCNC(=O)OCC2c3ccccc3-c3ccccc32)[C@H]1OC(C)=O. The average Bonchev–Trinajstić information content (AvgIpc) is 3.22. The fraction of sp³-hybridized carbons (Fsp3) is 0.448. The van der Waals surface area contributed by atoms with Gasteiger partial charge in [0.2, 0.25) is 0 Å². The fourth-order valence-corrected chi connectivity index (χ4v) is 6.19. The summed E-state index contributed by atoms with van der Waals surface area (Å²) in [5.74, 6) is -1.47. The summed E-state index contributed by atoms with van der Waals surface area (Å²) in [7, 11) is 0. The molecule has 1 fully saturated rings. The molecule has 2 aromatic rings. The number of hydrogen-bond donors (Lipinski definition) is 1. The lowest BCUT2D eigenvalue weighted by Crippen LogP contribution is -2.59. The number of thioether (sulfide) groups is 1. The Kier molecular flexibility index (Phi) is 9.70. The number of fused-ring (bicyclic) bond motifs is 3. The lowest BCUT2D eigenvalue weighted by molar-refractivity contribution is -0.229. The Hall–Kier alpha value is -3.57. The van der Waals surface area contributed by atoms with Crippen molar-refractivity contribution in [3.63, 3.8) is 0 Å². The maximum absolute atomic E-state index is 12.5. The van der Waals surface area contributed by atoms with Crippen molar-refractivity contribution >= 4 is 35.8 Å². The molecule has 5 atom stereocenters. The molecule has 0 bridgehead atoms. The van der Waals surface area contributed by atoms with Crippen LogP contribution in [0.5, 0.6) is 0 Å². The highest BCUT2D eigenvalue weighted by atomic mass is 32.2. The largest absolute Gasteiger partial charge is 0.456 e. The van der Waals surface area contributed by atoms with Crippen LogP contribution in [-0.2, 0) is 38.1 Å². The van der Waals surface area contributed by atoms with Crippen LogP contribution >= 0.6 is 11.8 Å². The van der Waals surface area contributed by atoms with E-state index < -0.39 is 53.9 Å². The normalized spacial score (nSPS) is 23.4. The predicted molar refractivity (Wildman–Crippen MR) is 147 cm³/mol. The van der Waals surface area contributed by atoms with Crippen molar-refractivity contribution in [1.82, 2.24) is 5.32 Å². The molecule has 2 aromatic carbocycles. The number of hydrogen-bond acceptors (Lipinski definition) is 10. The Morgan fingerprint density at radius 2 is 1.32 bits per heavy atom. The minimum atomic E-state index is -1.05. The molecule has 1 aliphatic heterocycles. The molecule has 1 saturated heterocycles. The van der Waals surface area contributed by atoms with Crippen molar-refractivity contribution in [1.29, 1.82) is 0 Å². The van der Waals surface area contributed by atoms with Crippen LogP contribution in [0.15, 0.2) is 48.5 Å². The number of esters is 3. The molecule has 214 valence electrons. The van der Waals surface area contributed by atoms with E-state index in [-0.39, 0.29) is 19.1 Å². The Morgan fingerprint density at radius 3 is 1.90 bits per heavy atom. The monoisotopic (exact) mass is 571 g/mol. The maximum atomic E-state index is 12.5. The predicted octanol–water partition coefficient (Wildman–Crippen LogP) is 3.80. The number of rotatable bonds is 9. The van der Waals surface area contributed by atoms with Crippen LogP contribution in [0.25, 0.3) is 11.1 Å². The van der Waals surface area contributed by atoms with Crippen LogP contribution in [0.2, 0.25) is 0 Å². The van der Waals surface area contributed by atoms with Gasteiger partial charge < -0.3 is 29.0 Å². The Morgan fingerprint density at radius 1 is 0.800 bits per heavy atom. The molecule has 0 aromatic heterocycles. The average molecular weight is 572 g/mol. The van der Waals surface area contributed by atoms with Crippen molar-refractivity contribution in [3.05, 3.63) is 59.7 Å². The third-order valence-electron chi connectivity index (χ3n) is 6.63. The van der Waals surface area contributed by atoms with Crippen molar-refractivity contribution < 1.29 is 42.9 Å². The molecule has 1 aliphatic carbocycles. The van der Waals surface area contributed by atoms with E-state index in [1.54, 1.807) is 6.92 Å². The smallest absolute Gasteiger partial charge is 0.407 e. The number of ether oxygens (including phenoxy) is 5. The molecule has 40 heavy (non-hydrogen) atoms. The Bertz CT molecular complexity index is 1210. The second-order valence-electron chi connectivity index (χ2n) is 9.55. The topological polar surface area (TPSA) is 126 Å². The second-order valence-corrected chi connectivity index (χ2v) is 10.8. The number of carbonyl (C=O) groups is 4. The van der Waals surface area contributed by atoms with Gasteiger partial charge in [-0.3, -0.25) is 14.4 Å². The molecular formula is C29H33NO9S. The van der Waals surface area contributed by atoms with Gasteiger partial charge in [0, 0.05) is 39.0 Å². The van der Waals surface area contributed by atoms with Crippen LogP contribution in [-0.4, -0.2) is 72.8 Å². The lowest BCUT2D eigenvalue weighted by atomic mass is 9.98. The molecule has 10 nitrogen and oxygen atoms in total. The summed E-state index contributed by atoms with van der Waals surface area (Å²) in [4.78, 5) is 47.8. The first-order valence-electron chi connectivity index (χ1n) is 13.0. The standard InChI is InChI=1S/C29H33NO9S/c1-16-25(37-17(2)31)26(38-18(3)32)27(39-19(4)33)28(36-16)40-14-13-30-29(34)35-15-24-22-11-7-5-9-20(22)21-10-6-8-12-23(21)24/h5-12,16,24-28H,13-15H2,1-4H3,(H,30,34)/t16-,25+,26+,27-,28-/m0/s1. The zero-order chi connectivity index (χ0) is 28.8.